The molecule has 0 aromatic heterocycles. The van der Waals surface area contributed by atoms with Crippen molar-refractivity contribution >= 4 is 11.8 Å². The molecule has 28 heavy (non-hydrogen) atoms. The average molecular weight is 385 g/mol. The molecular weight excluding hydrogens is 358 g/mol. The third-order valence-electron chi connectivity index (χ3n) is 5.11. The maximum atomic E-state index is 13.0. The molecule has 1 atom stereocenters. The highest BCUT2D eigenvalue weighted by Crippen LogP contribution is 2.45. The third kappa shape index (κ3) is 3.97. The van der Waals surface area contributed by atoms with Gasteiger partial charge in [0.15, 0.2) is 5.78 Å². The number of rotatable bonds is 7. The highest BCUT2D eigenvalue weighted by atomic mass is 16.6. The monoisotopic (exact) mass is 385 g/mol. The van der Waals surface area contributed by atoms with E-state index in [4.69, 9.17) is 14.2 Å². The lowest BCUT2D eigenvalue weighted by molar-refractivity contribution is -0.140. The van der Waals surface area contributed by atoms with Crippen LogP contribution in [0.1, 0.15) is 44.6 Å². The molecule has 1 aliphatic carbocycles. The van der Waals surface area contributed by atoms with Gasteiger partial charge in [0, 0.05) is 35.6 Å². The molecule has 0 saturated carbocycles. The first-order valence-corrected chi connectivity index (χ1v) is 9.70. The van der Waals surface area contributed by atoms with Crippen molar-refractivity contribution in [3.05, 3.63) is 52.4 Å². The van der Waals surface area contributed by atoms with Gasteiger partial charge in [0.2, 0.25) is 0 Å². The Morgan fingerprint density at radius 2 is 2.00 bits per heavy atom. The maximum Gasteiger partial charge on any atom is 0.336 e. The van der Waals surface area contributed by atoms with Gasteiger partial charge in [-0.05, 0) is 32.8 Å². The molecule has 0 saturated heterocycles. The lowest BCUT2D eigenvalue weighted by Crippen LogP contribution is -2.34. The molecule has 6 nitrogen and oxygen atoms in total. The summed E-state index contributed by atoms with van der Waals surface area (Å²) < 4.78 is 16.3. The number of ketones is 1. The van der Waals surface area contributed by atoms with Gasteiger partial charge in [-0.15, -0.1) is 0 Å². The Morgan fingerprint density at radius 1 is 1.21 bits per heavy atom. The van der Waals surface area contributed by atoms with Gasteiger partial charge in [-0.3, -0.25) is 4.79 Å². The minimum atomic E-state index is -0.500. The van der Waals surface area contributed by atoms with Crippen molar-refractivity contribution in [3.8, 4) is 5.75 Å². The number of para-hydroxylation sites is 1. The largest absolute Gasteiger partial charge is 0.496 e. The van der Waals surface area contributed by atoms with E-state index in [0.29, 0.717) is 42.2 Å². The molecule has 0 radical (unpaired) electrons. The number of allylic oxidation sites excluding steroid dienone is 3. The van der Waals surface area contributed by atoms with Gasteiger partial charge in [0.05, 0.1) is 25.2 Å². The van der Waals surface area contributed by atoms with E-state index in [1.165, 1.54) is 0 Å². The van der Waals surface area contributed by atoms with Crippen LogP contribution < -0.4 is 10.1 Å². The third-order valence-corrected chi connectivity index (χ3v) is 5.11. The van der Waals surface area contributed by atoms with Gasteiger partial charge in [-0.2, -0.15) is 0 Å². The van der Waals surface area contributed by atoms with Crippen LogP contribution in [0.4, 0.5) is 0 Å². The van der Waals surface area contributed by atoms with Gasteiger partial charge in [0.1, 0.15) is 12.4 Å². The van der Waals surface area contributed by atoms with Crippen molar-refractivity contribution in [2.24, 2.45) is 0 Å². The predicted molar refractivity (Wildman–Crippen MR) is 105 cm³/mol. The molecule has 0 unspecified atom stereocenters. The van der Waals surface area contributed by atoms with Crippen LogP contribution in [0.3, 0.4) is 0 Å². The van der Waals surface area contributed by atoms with Gasteiger partial charge < -0.3 is 19.5 Å². The fourth-order valence-electron chi connectivity index (χ4n) is 3.89. The number of dihydropyridines is 1. The summed E-state index contributed by atoms with van der Waals surface area (Å²) in [5.41, 5.74) is 3.51. The maximum absolute atomic E-state index is 13.0. The fourth-order valence-corrected chi connectivity index (χ4v) is 3.89. The molecule has 0 amide bonds. The number of carbonyl (C=O) groups is 2. The van der Waals surface area contributed by atoms with Crippen molar-refractivity contribution in [1.82, 2.24) is 5.32 Å². The molecular formula is C22H27NO5. The molecule has 6 heteroatoms. The van der Waals surface area contributed by atoms with Gasteiger partial charge in [-0.1, -0.05) is 18.2 Å². The summed E-state index contributed by atoms with van der Waals surface area (Å²) in [4.78, 5) is 25.8. The minimum absolute atomic E-state index is 0.0665. The quantitative estimate of drug-likeness (QED) is 0.574. The van der Waals surface area contributed by atoms with Crippen molar-refractivity contribution in [1.29, 1.82) is 0 Å². The van der Waals surface area contributed by atoms with E-state index in [-0.39, 0.29) is 12.4 Å². The number of methoxy groups -OCH3 is 1. The number of hydrogen-bond donors (Lipinski definition) is 1. The number of nitrogens with one attached hydrogen (secondary N) is 1. The van der Waals surface area contributed by atoms with Crippen LogP contribution in [0.25, 0.3) is 0 Å². The van der Waals surface area contributed by atoms with Gasteiger partial charge in [0.25, 0.3) is 0 Å². The lowest BCUT2D eigenvalue weighted by Gasteiger charge is -2.34. The topological polar surface area (TPSA) is 73.9 Å². The summed E-state index contributed by atoms with van der Waals surface area (Å²) >= 11 is 0. The van der Waals surface area contributed by atoms with E-state index in [0.717, 1.165) is 24.1 Å². The zero-order chi connectivity index (χ0) is 20.1. The molecule has 3 rings (SSSR count). The Labute approximate surface area is 165 Å². The molecule has 0 bridgehead atoms. The average Bonchev–Trinajstić information content (AvgIpc) is 2.70. The van der Waals surface area contributed by atoms with Crippen LogP contribution in [-0.2, 0) is 19.1 Å². The molecule has 0 fully saturated rings. The highest BCUT2D eigenvalue weighted by Gasteiger charge is 2.40. The summed E-state index contributed by atoms with van der Waals surface area (Å²) in [6.07, 6.45) is 2.08. The van der Waals surface area contributed by atoms with E-state index in [1.807, 2.05) is 38.1 Å². The van der Waals surface area contributed by atoms with E-state index in [1.54, 1.807) is 7.11 Å². The second-order valence-electron chi connectivity index (χ2n) is 6.84. The molecule has 1 heterocycles. The number of hydrogen-bond acceptors (Lipinski definition) is 6. The predicted octanol–water partition coefficient (Wildman–Crippen LogP) is 3.24. The number of benzene rings is 1. The van der Waals surface area contributed by atoms with Gasteiger partial charge in [-0.25, -0.2) is 4.79 Å². The number of ether oxygens (including phenoxy) is 3. The Bertz CT molecular complexity index is 824. The van der Waals surface area contributed by atoms with Crippen molar-refractivity contribution in [3.63, 3.8) is 0 Å². The summed E-state index contributed by atoms with van der Waals surface area (Å²) in [6.45, 7) is 4.82. The number of esters is 1. The smallest absolute Gasteiger partial charge is 0.336 e. The molecule has 1 aliphatic heterocycles. The molecule has 1 N–H and O–H groups in total. The number of Topliss-reactive ketones (excluding diaryl/α,β-unsaturated/α-hetero) is 1. The van der Waals surface area contributed by atoms with E-state index in [2.05, 4.69) is 5.32 Å². The van der Waals surface area contributed by atoms with Crippen molar-refractivity contribution in [2.75, 3.05) is 26.9 Å². The first kappa shape index (κ1) is 20.1. The molecule has 1 aromatic rings. The van der Waals surface area contributed by atoms with E-state index >= 15 is 0 Å². The van der Waals surface area contributed by atoms with Crippen molar-refractivity contribution in [2.45, 2.75) is 39.0 Å². The first-order chi connectivity index (χ1) is 13.6. The highest BCUT2D eigenvalue weighted by molar-refractivity contribution is 6.04. The first-order valence-electron chi connectivity index (χ1n) is 9.70. The van der Waals surface area contributed by atoms with Crippen LogP contribution in [-0.4, -0.2) is 38.7 Å². The second kappa shape index (κ2) is 9.06. The van der Waals surface area contributed by atoms with Crippen LogP contribution in [0.5, 0.6) is 5.75 Å². The SMILES string of the molecule is CCOCCOC(=O)C1=C(C)NC2=C(C(=O)CCC2)[C@H]1c1ccccc1OC. The fraction of sp³-hybridized carbons (Fsp3) is 0.455. The van der Waals surface area contributed by atoms with Crippen LogP contribution >= 0.6 is 0 Å². The molecule has 150 valence electrons. The Morgan fingerprint density at radius 3 is 2.75 bits per heavy atom. The zero-order valence-corrected chi connectivity index (χ0v) is 16.7. The molecule has 2 aliphatic rings. The molecule has 0 spiro atoms. The van der Waals surface area contributed by atoms with E-state index in [9.17, 15) is 9.59 Å². The standard InChI is InChI=1S/C22H27NO5/c1-4-27-12-13-28-22(25)19-14(2)23-16-9-7-10-17(24)21(16)20(19)15-8-5-6-11-18(15)26-3/h5-6,8,11,20,23H,4,7,9-10,12-13H2,1-3H3/t20-/m0/s1. The van der Waals surface area contributed by atoms with Crippen LogP contribution in [0, 0.1) is 0 Å². The van der Waals surface area contributed by atoms with Gasteiger partial charge >= 0.3 is 5.97 Å². The minimum Gasteiger partial charge on any atom is -0.496 e. The molecule has 1 aromatic carbocycles. The van der Waals surface area contributed by atoms with E-state index < -0.39 is 11.9 Å². The summed E-state index contributed by atoms with van der Waals surface area (Å²) in [6, 6.07) is 7.51. The number of carbonyl (C=O) groups excluding carboxylic acids is 2. The zero-order valence-electron chi connectivity index (χ0n) is 16.7. The normalized spacial score (nSPS) is 19.2. The summed E-state index contributed by atoms with van der Waals surface area (Å²) in [5.74, 6) is -0.228. The Balaban J connectivity index is 2.03. The van der Waals surface area contributed by atoms with Crippen LogP contribution in [0.2, 0.25) is 0 Å². The summed E-state index contributed by atoms with van der Waals surface area (Å²) in [5, 5.41) is 3.28. The lowest BCUT2D eigenvalue weighted by atomic mass is 9.75. The summed E-state index contributed by atoms with van der Waals surface area (Å²) in [7, 11) is 1.59. The Kier molecular flexibility index (Phi) is 6.52. The van der Waals surface area contributed by atoms with Crippen LogP contribution in [0.15, 0.2) is 46.8 Å². The second-order valence-corrected chi connectivity index (χ2v) is 6.84. The Hall–Kier alpha value is -2.60. The van der Waals surface area contributed by atoms with Crippen molar-refractivity contribution < 1.29 is 23.8 Å².